The lowest BCUT2D eigenvalue weighted by molar-refractivity contribution is 0.0252. The second kappa shape index (κ2) is 6.62. The van der Waals surface area contributed by atoms with E-state index in [2.05, 4.69) is 9.82 Å². The second-order valence-electron chi connectivity index (χ2n) is 6.41. The number of rotatable bonds is 5. The average molecular weight is 390 g/mol. The Balaban J connectivity index is 1.51. The van der Waals surface area contributed by atoms with Crippen LogP contribution in [0.15, 0.2) is 59.1 Å². The molecule has 6 nitrogen and oxygen atoms in total. The van der Waals surface area contributed by atoms with Crippen LogP contribution in [0.1, 0.15) is 23.3 Å². The monoisotopic (exact) mass is 389 g/mol. The predicted octanol–water partition coefficient (Wildman–Crippen LogP) is 2.44. The molecule has 136 valence electrons. The van der Waals surface area contributed by atoms with E-state index in [4.69, 9.17) is 0 Å². The molecule has 1 atom stereocenters. The number of aliphatic hydroxyl groups is 1. The minimum absolute atomic E-state index is 0.0278. The Labute approximate surface area is 156 Å². The van der Waals surface area contributed by atoms with Gasteiger partial charge in [-0.05, 0) is 66.6 Å². The molecule has 0 aliphatic heterocycles. The van der Waals surface area contributed by atoms with Gasteiger partial charge in [0.05, 0.1) is 10.6 Å². The summed E-state index contributed by atoms with van der Waals surface area (Å²) in [6.07, 6.45) is 5.80. The number of hydrogen-bond acceptors (Lipinski definition) is 5. The Morgan fingerprint density at radius 3 is 2.81 bits per heavy atom. The zero-order valence-corrected chi connectivity index (χ0v) is 15.6. The standard InChI is InChI=1S/C18H19N3O3S2/c22-18(9-1-3-17-16(18)8-12-25-17)13-20-26(23,24)15-6-4-14(5-7-15)21-11-2-10-19-21/h2,4-8,10-12,20,22H,1,3,9,13H2. The molecule has 1 aliphatic carbocycles. The van der Waals surface area contributed by atoms with Crippen LogP contribution in [-0.4, -0.2) is 29.8 Å². The summed E-state index contributed by atoms with van der Waals surface area (Å²) in [6, 6.07) is 10.2. The summed E-state index contributed by atoms with van der Waals surface area (Å²) in [5.41, 5.74) is 0.489. The molecule has 1 aromatic carbocycles. The van der Waals surface area contributed by atoms with Gasteiger partial charge in [0.25, 0.3) is 0 Å². The Kier molecular flexibility index (Phi) is 4.44. The maximum absolute atomic E-state index is 12.6. The highest BCUT2D eigenvalue weighted by atomic mass is 32.2. The van der Waals surface area contributed by atoms with E-state index < -0.39 is 15.6 Å². The van der Waals surface area contributed by atoms with E-state index in [-0.39, 0.29) is 11.4 Å². The van der Waals surface area contributed by atoms with E-state index in [0.717, 1.165) is 29.0 Å². The van der Waals surface area contributed by atoms with Gasteiger partial charge in [-0.15, -0.1) is 11.3 Å². The van der Waals surface area contributed by atoms with Crippen molar-refractivity contribution >= 4 is 21.4 Å². The number of sulfonamides is 1. The number of thiophene rings is 1. The van der Waals surface area contributed by atoms with E-state index in [0.29, 0.717) is 6.42 Å². The molecule has 0 saturated heterocycles. The number of nitrogens with zero attached hydrogens (tertiary/aromatic N) is 2. The minimum atomic E-state index is -3.71. The van der Waals surface area contributed by atoms with Gasteiger partial charge in [0.2, 0.25) is 10.0 Å². The van der Waals surface area contributed by atoms with E-state index >= 15 is 0 Å². The van der Waals surface area contributed by atoms with Crippen molar-refractivity contribution in [3.63, 3.8) is 0 Å². The van der Waals surface area contributed by atoms with Gasteiger partial charge in [-0.2, -0.15) is 5.10 Å². The van der Waals surface area contributed by atoms with E-state index in [1.54, 1.807) is 58.7 Å². The summed E-state index contributed by atoms with van der Waals surface area (Å²) < 4.78 is 29.5. The van der Waals surface area contributed by atoms with Gasteiger partial charge in [0, 0.05) is 23.8 Å². The fraction of sp³-hybridized carbons (Fsp3) is 0.278. The van der Waals surface area contributed by atoms with E-state index in [9.17, 15) is 13.5 Å². The number of hydrogen-bond donors (Lipinski definition) is 2. The molecule has 8 heteroatoms. The van der Waals surface area contributed by atoms with Crippen LogP contribution in [0.5, 0.6) is 0 Å². The first kappa shape index (κ1) is 17.4. The third kappa shape index (κ3) is 3.21. The predicted molar refractivity (Wildman–Crippen MR) is 99.9 cm³/mol. The highest BCUT2D eigenvalue weighted by Crippen LogP contribution is 2.37. The average Bonchev–Trinajstić information content (AvgIpc) is 3.33. The third-order valence-electron chi connectivity index (χ3n) is 4.71. The quantitative estimate of drug-likeness (QED) is 0.702. The molecule has 0 spiro atoms. The normalized spacial score (nSPS) is 20.0. The lowest BCUT2D eigenvalue weighted by atomic mass is 9.83. The summed E-state index contributed by atoms with van der Waals surface area (Å²) in [4.78, 5) is 1.31. The fourth-order valence-electron chi connectivity index (χ4n) is 3.31. The molecular formula is C18H19N3O3S2. The number of nitrogens with one attached hydrogen (secondary N) is 1. The van der Waals surface area contributed by atoms with Crippen molar-refractivity contribution < 1.29 is 13.5 Å². The molecule has 26 heavy (non-hydrogen) atoms. The molecule has 0 radical (unpaired) electrons. The summed E-state index contributed by atoms with van der Waals surface area (Å²) in [7, 11) is -3.71. The van der Waals surface area contributed by atoms with Crippen LogP contribution < -0.4 is 4.72 Å². The van der Waals surface area contributed by atoms with Crippen molar-refractivity contribution in [1.82, 2.24) is 14.5 Å². The molecule has 2 N–H and O–H groups in total. The summed E-state index contributed by atoms with van der Waals surface area (Å²) in [6.45, 7) is -0.0278. The highest BCUT2D eigenvalue weighted by Gasteiger charge is 2.36. The van der Waals surface area contributed by atoms with Gasteiger partial charge in [0.1, 0.15) is 5.60 Å². The highest BCUT2D eigenvalue weighted by molar-refractivity contribution is 7.89. The first-order valence-corrected chi connectivity index (χ1v) is 10.7. The van der Waals surface area contributed by atoms with Gasteiger partial charge in [0.15, 0.2) is 0 Å². The fourth-order valence-corrected chi connectivity index (χ4v) is 5.41. The van der Waals surface area contributed by atoms with Gasteiger partial charge >= 0.3 is 0 Å². The number of aromatic nitrogens is 2. The van der Waals surface area contributed by atoms with Gasteiger partial charge < -0.3 is 5.11 Å². The topological polar surface area (TPSA) is 84.2 Å². The molecule has 0 fully saturated rings. The molecular weight excluding hydrogens is 370 g/mol. The number of fused-ring (bicyclic) bond motifs is 1. The largest absolute Gasteiger partial charge is 0.384 e. The first-order valence-electron chi connectivity index (χ1n) is 8.37. The minimum Gasteiger partial charge on any atom is -0.384 e. The van der Waals surface area contributed by atoms with Crippen LogP contribution in [0.25, 0.3) is 5.69 Å². The first-order chi connectivity index (χ1) is 12.5. The van der Waals surface area contributed by atoms with Crippen LogP contribution in [0, 0.1) is 0 Å². The lowest BCUT2D eigenvalue weighted by Gasteiger charge is -2.32. The molecule has 3 aromatic rings. The molecule has 0 saturated carbocycles. The summed E-state index contributed by atoms with van der Waals surface area (Å²) in [5.74, 6) is 0. The van der Waals surface area contributed by atoms with Crippen LogP contribution in [0.4, 0.5) is 0 Å². The Hall–Kier alpha value is -2.00. The molecule has 2 heterocycles. The zero-order valence-electron chi connectivity index (χ0n) is 14.0. The van der Waals surface area contributed by atoms with E-state index in [1.807, 2.05) is 11.4 Å². The second-order valence-corrected chi connectivity index (χ2v) is 9.18. The molecule has 0 bridgehead atoms. The molecule has 0 amide bonds. The van der Waals surface area contributed by atoms with E-state index in [1.165, 1.54) is 0 Å². The van der Waals surface area contributed by atoms with Gasteiger partial charge in [-0.25, -0.2) is 17.8 Å². The maximum atomic E-state index is 12.6. The Bertz CT molecular complexity index is 995. The number of aryl methyl sites for hydroxylation is 1. The van der Waals surface area contributed by atoms with Crippen molar-refractivity contribution in [2.45, 2.75) is 29.8 Å². The van der Waals surface area contributed by atoms with Gasteiger partial charge in [-0.1, -0.05) is 0 Å². The molecule has 1 aliphatic rings. The van der Waals surface area contributed by atoms with Crippen molar-refractivity contribution in [2.24, 2.45) is 0 Å². The van der Waals surface area contributed by atoms with Crippen molar-refractivity contribution in [2.75, 3.05) is 6.54 Å². The molecule has 1 unspecified atom stereocenters. The van der Waals surface area contributed by atoms with Crippen LogP contribution in [-0.2, 0) is 22.0 Å². The maximum Gasteiger partial charge on any atom is 0.240 e. The van der Waals surface area contributed by atoms with Crippen molar-refractivity contribution in [3.05, 3.63) is 64.6 Å². The SMILES string of the molecule is O=S(=O)(NCC1(O)CCCc2sccc21)c1ccc(-n2cccn2)cc1. The Morgan fingerprint density at radius 1 is 1.27 bits per heavy atom. The van der Waals surface area contributed by atoms with Crippen molar-refractivity contribution in [3.8, 4) is 5.69 Å². The van der Waals surface area contributed by atoms with Gasteiger partial charge in [-0.3, -0.25) is 0 Å². The summed E-state index contributed by atoms with van der Waals surface area (Å²) >= 11 is 1.61. The lowest BCUT2D eigenvalue weighted by Crippen LogP contribution is -2.42. The molecule has 2 aromatic heterocycles. The van der Waals surface area contributed by atoms with Crippen LogP contribution in [0.3, 0.4) is 0 Å². The Morgan fingerprint density at radius 2 is 2.08 bits per heavy atom. The van der Waals surface area contributed by atoms with Crippen molar-refractivity contribution in [1.29, 1.82) is 0 Å². The smallest absolute Gasteiger partial charge is 0.240 e. The van der Waals surface area contributed by atoms with Crippen LogP contribution in [0.2, 0.25) is 0 Å². The number of benzene rings is 1. The molecule has 4 rings (SSSR count). The zero-order chi connectivity index (χ0) is 18.2. The van der Waals surface area contributed by atoms with Crippen LogP contribution >= 0.6 is 11.3 Å². The third-order valence-corrected chi connectivity index (χ3v) is 7.11. The summed E-state index contributed by atoms with van der Waals surface area (Å²) in [5, 5.41) is 17.0.